The summed E-state index contributed by atoms with van der Waals surface area (Å²) in [5.41, 5.74) is 1.18. The molecule has 3 N–H and O–H groups in total. The number of nitrogens with one attached hydrogen (secondary N) is 2. The molecular formula is C15H12B3N7O3. The van der Waals surface area contributed by atoms with Crippen LogP contribution in [0, 0.1) is 11.3 Å². The summed E-state index contributed by atoms with van der Waals surface area (Å²) in [5, 5.41) is 24.9. The molecule has 0 saturated carbocycles. The number of aromatic amines is 1. The highest BCUT2D eigenvalue weighted by Gasteiger charge is 2.30. The van der Waals surface area contributed by atoms with E-state index >= 15 is 0 Å². The molecule has 3 aromatic heterocycles. The maximum Gasteiger partial charge on any atom is 0.257 e. The smallest absolute Gasteiger partial charge is 0.257 e. The van der Waals surface area contributed by atoms with Gasteiger partial charge in [0.1, 0.15) is 29.2 Å². The fourth-order valence-corrected chi connectivity index (χ4v) is 2.67. The van der Waals surface area contributed by atoms with Crippen molar-refractivity contribution in [2.24, 2.45) is 0 Å². The van der Waals surface area contributed by atoms with Crippen LogP contribution in [0.15, 0.2) is 18.5 Å². The molecule has 13 heteroatoms. The van der Waals surface area contributed by atoms with Gasteiger partial charge in [0.05, 0.1) is 42.9 Å². The van der Waals surface area contributed by atoms with Crippen LogP contribution in [-0.4, -0.2) is 78.8 Å². The van der Waals surface area contributed by atoms with Crippen molar-refractivity contribution in [1.29, 1.82) is 5.26 Å². The Morgan fingerprint density at radius 1 is 1.43 bits per heavy atom. The molecule has 0 spiro atoms. The number of hydrogen-bond acceptors (Lipinski definition) is 8. The van der Waals surface area contributed by atoms with Crippen LogP contribution >= 0.6 is 0 Å². The van der Waals surface area contributed by atoms with Crippen molar-refractivity contribution in [2.75, 3.05) is 18.5 Å². The average molecular weight is 371 g/mol. The van der Waals surface area contributed by atoms with E-state index in [0.29, 0.717) is 22.4 Å². The molecular weight excluding hydrogens is 359 g/mol. The highest BCUT2D eigenvalue weighted by Crippen LogP contribution is 2.29. The Labute approximate surface area is 163 Å². The first-order valence-electron chi connectivity index (χ1n) is 8.25. The molecule has 10 nitrogen and oxygen atoms in total. The number of aliphatic hydroxyl groups is 1. The van der Waals surface area contributed by atoms with Gasteiger partial charge in [-0.1, -0.05) is 0 Å². The van der Waals surface area contributed by atoms with E-state index in [1.54, 1.807) is 12.3 Å². The van der Waals surface area contributed by atoms with Gasteiger partial charge in [0.15, 0.2) is 6.10 Å². The first-order valence-corrected chi connectivity index (χ1v) is 8.25. The molecule has 2 atom stereocenters. The summed E-state index contributed by atoms with van der Waals surface area (Å²) in [5.74, 6) is 0.302. The summed E-state index contributed by atoms with van der Waals surface area (Å²) >= 11 is 0. The molecule has 1 aliphatic rings. The Bertz CT molecular complexity index is 1060. The van der Waals surface area contributed by atoms with Crippen LogP contribution in [0.25, 0.3) is 11.0 Å². The third-order valence-electron chi connectivity index (χ3n) is 4.08. The van der Waals surface area contributed by atoms with Gasteiger partial charge < -0.3 is 24.9 Å². The maximum absolute atomic E-state index is 9.91. The highest BCUT2D eigenvalue weighted by atomic mass is 16.6. The lowest BCUT2D eigenvalue weighted by Crippen LogP contribution is -2.35. The number of fused-ring (bicyclic) bond motifs is 1. The average Bonchev–Trinajstić information content (AvgIpc) is 3.34. The van der Waals surface area contributed by atoms with E-state index in [2.05, 4.69) is 25.4 Å². The van der Waals surface area contributed by atoms with Crippen molar-refractivity contribution in [1.82, 2.24) is 24.7 Å². The van der Waals surface area contributed by atoms with Crippen LogP contribution in [0.3, 0.4) is 0 Å². The molecule has 6 radical (unpaired) electrons. The zero-order valence-corrected chi connectivity index (χ0v) is 14.5. The molecule has 4 rings (SSSR count). The van der Waals surface area contributed by atoms with Gasteiger partial charge in [-0.2, -0.15) is 10.2 Å². The minimum Gasteiger partial charge on any atom is -0.466 e. The van der Waals surface area contributed by atoms with Crippen LogP contribution in [0.1, 0.15) is 5.69 Å². The van der Waals surface area contributed by atoms with Gasteiger partial charge in [-0.3, -0.25) is 4.68 Å². The maximum atomic E-state index is 9.91. The minimum absolute atomic E-state index is 0.0909. The number of anilines is 2. The molecule has 3 aromatic rings. The first-order chi connectivity index (χ1) is 13.3. The van der Waals surface area contributed by atoms with Crippen LogP contribution in [0.4, 0.5) is 11.6 Å². The minimum atomic E-state index is -1.77. The van der Waals surface area contributed by atoms with Gasteiger partial charge >= 0.3 is 0 Å². The summed E-state index contributed by atoms with van der Waals surface area (Å²) in [7, 11) is 17.1. The van der Waals surface area contributed by atoms with Crippen molar-refractivity contribution in [2.45, 2.75) is 17.4 Å². The van der Waals surface area contributed by atoms with E-state index in [1.165, 1.54) is 6.20 Å². The summed E-state index contributed by atoms with van der Waals surface area (Å²) in [6.07, 6.45) is 1.57. The molecule has 1 saturated heterocycles. The second kappa shape index (κ2) is 6.89. The van der Waals surface area contributed by atoms with Crippen molar-refractivity contribution >= 4 is 46.2 Å². The predicted octanol–water partition coefficient (Wildman–Crippen LogP) is -1.02. The van der Waals surface area contributed by atoms with Crippen LogP contribution in [-0.2, 0) is 9.97 Å². The largest absolute Gasteiger partial charge is 0.466 e. The summed E-state index contributed by atoms with van der Waals surface area (Å²) in [6, 6.07) is 3.64. The van der Waals surface area contributed by atoms with Crippen LogP contribution < -0.4 is 10.1 Å². The number of aliphatic hydroxyl groups excluding tert-OH is 1. The van der Waals surface area contributed by atoms with Crippen molar-refractivity contribution in [3.05, 3.63) is 24.2 Å². The Morgan fingerprint density at radius 2 is 2.25 bits per heavy atom. The summed E-state index contributed by atoms with van der Waals surface area (Å²) in [6.45, 7) is 0.366. The fourth-order valence-electron chi connectivity index (χ4n) is 2.67. The number of nitrogens with zero attached hydrogens (tertiary/aromatic N) is 5. The van der Waals surface area contributed by atoms with E-state index in [0.717, 1.165) is 4.68 Å². The van der Waals surface area contributed by atoms with Gasteiger partial charge in [-0.25, -0.2) is 4.98 Å². The number of rotatable bonds is 5. The molecule has 28 heavy (non-hydrogen) atoms. The van der Waals surface area contributed by atoms with Crippen LogP contribution in [0.2, 0.25) is 0 Å². The van der Waals surface area contributed by atoms with Crippen molar-refractivity contribution in [3.63, 3.8) is 0 Å². The van der Waals surface area contributed by atoms with E-state index in [4.69, 9.17) is 38.3 Å². The Kier molecular flexibility index (Phi) is 4.53. The van der Waals surface area contributed by atoms with Gasteiger partial charge in [-0.05, 0) is 11.3 Å². The molecule has 0 bridgehead atoms. The molecule has 0 aliphatic carbocycles. The highest BCUT2D eigenvalue weighted by molar-refractivity contribution is 6.56. The van der Waals surface area contributed by atoms with Gasteiger partial charge in [-0.15, -0.1) is 5.10 Å². The van der Waals surface area contributed by atoms with E-state index in [-0.39, 0.29) is 25.0 Å². The zero-order chi connectivity index (χ0) is 19.9. The van der Waals surface area contributed by atoms with Gasteiger partial charge in [0.2, 0.25) is 5.95 Å². The Hall–Kier alpha value is -2.97. The second-order valence-electron chi connectivity index (χ2n) is 6.36. The Balaban J connectivity index is 1.65. The number of nitriles is 1. The molecule has 1 aliphatic heterocycles. The number of H-pyrrole nitrogens is 1. The van der Waals surface area contributed by atoms with Gasteiger partial charge in [0, 0.05) is 11.6 Å². The van der Waals surface area contributed by atoms with Crippen molar-refractivity contribution < 1.29 is 14.6 Å². The van der Waals surface area contributed by atoms with Crippen LogP contribution in [0.5, 0.6) is 5.88 Å². The number of ether oxygens (including phenoxy) is 2. The monoisotopic (exact) mass is 371 g/mol. The number of aromatic nitrogens is 5. The lowest BCUT2D eigenvalue weighted by atomic mass is 9.49. The van der Waals surface area contributed by atoms with Gasteiger partial charge in [0.25, 0.3) is 5.88 Å². The topological polar surface area (TPSA) is 134 Å². The quantitative estimate of drug-likeness (QED) is 0.486. The summed E-state index contributed by atoms with van der Waals surface area (Å²) < 4.78 is 12.0. The SMILES string of the molecule is [B]C([B])([B])n1cc(Nc2ncc3cc(C#N)[nH]c3n2)c(O[C@@H]2COCC2O)n1. The first kappa shape index (κ1) is 18.4. The molecule has 4 heterocycles. The van der Waals surface area contributed by atoms with E-state index < -0.39 is 17.4 Å². The molecule has 134 valence electrons. The number of hydrogen-bond donors (Lipinski definition) is 3. The second-order valence-corrected chi connectivity index (χ2v) is 6.36. The molecule has 1 fully saturated rings. The zero-order valence-electron chi connectivity index (χ0n) is 14.5. The third kappa shape index (κ3) is 3.56. The lowest BCUT2D eigenvalue weighted by molar-refractivity contribution is 0.0703. The summed E-state index contributed by atoms with van der Waals surface area (Å²) in [4.78, 5) is 11.4. The van der Waals surface area contributed by atoms with E-state index in [1.807, 2.05) is 6.07 Å². The molecule has 1 unspecified atom stereocenters. The predicted molar refractivity (Wildman–Crippen MR) is 101 cm³/mol. The van der Waals surface area contributed by atoms with E-state index in [9.17, 15) is 5.11 Å². The lowest BCUT2D eigenvalue weighted by Gasteiger charge is -2.20. The van der Waals surface area contributed by atoms with Crippen molar-refractivity contribution in [3.8, 4) is 11.9 Å². The fraction of sp³-hybridized carbons (Fsp3) is 0.333. The normalized spacial score (nSPS) is 19.6. The molecule has 0 aromatic carbocycles. The third-order valence-corrected chi connectivity index (χ3v) is 4.08. The standard InChI is InChI=1S/C15H12B3N7O3/c16-15(17,18)25-4-9(13(24-25)28-11-6-27-5-10(11)26)22-14-20-3-7-1-8(2-19)21-12(7)23-14/h1,3-4,10-11,26H,5-6H2,(H2,20,21,22,23)/t10?,11-/m1/s1. The molecule has 0 amide bonds. The Morgan fingerprint density at radius 3 is 2.93 bits per heavy atom.